The van der Waals surface area contributed by atoms with E-state index in [1.54, 1.807) is 0 Å². The Morgan fingerprint density at radius 3 is 2.27 bits per heavy atom. The predicted octanol–water partition coefficient (Wildman–Crippen LogP) is 0.696. The fourth-order valence-electron chi connectivity index (χ4n) is 2.22. The van der Waals surface area contributed by atoms with Gasteiger partial charge in [-0.3, -0.25) is 9.69 Å². The van der Waals surface area contributed by atoms with Crippen LogP contribution in [0.4, 0.5) is 13.2 Å². The van der Waals surface area contributed by atoms with Crippen LogP contribution >= 0.6 is 0 Å². The largest absolute Gasteiger partial charge is 0.401 e. The van der Waals surface area contributed by atoms with Gasteiger partial charge in [0, 0.05) is 13.1 Å². The minimum Gasteiger partial charge on any atom is -0.380 e. The van der Waals surface area contributed by atoms with Gasteiger partial charge in [-0.25, -0.2) is 0 Å². The second-order valence-corrected chi connectivity index (χ2v) is 4.14. The van der Waals surface area contributed by atoms with Crippen molar-refractivity contribution in [3.63, 3.8) is 0 Å². The van der Waals surface area contributed by atoms with Gasteiger partial charge in [-0.1, -0.05) is 0 Å². The number of halogens is 3. The number of piperidine rings is 1. The SMILES string of the molecule is O=C1C2COCC1CN(CC(F)(F)F)C2. The molecule has 0 N–H and O–H groups in total. The highest BCUT2D eigenvalue weighted by Crippen LogP contribution is 2.26. The summed E-state index contributed by atoms with van der Waals surface area (Å²) in [5.41, 5.74) is 0. The third-order valence-corrected chi connectivity index (χ3v) is 2.80. The van der Waals surface area contributed by atoms with Gasteiger partial charge in [-0.2, -0.15) is 13.2 Å². The first kappa shape index (κ1) is 10.9. The van der Waals surface area contributed by atoms with Crippen LogP contribution in [0.3, 0.4) is 0 Å². The zero-order chi connectivity index (χ0) is 11.1. The van der Waals surface area contributed by atoms with Crippen molar-refractivity contribution in [2.45, 2.75) is 6.18 Å². The lowest BCUT2D eigenvalue weighted by Gasteiger charge is -2.39. The van der Waals surface area contributed by atoms with Crippen LogP contribution in [-0.2, 0) is 9.53 Å². The zero-order valence-electron chi connectivity index (χ0n) is 8.09. The van der Waals surface area contributed by atoms with Gasteiger partial charge in [0.05, 0.1) is 31.6 Å². The second kappa shape index (κ2) is 3.75. The first-order valence-electron chi connectivity index (χ1n) is 4.86. The quantitative estimate of drug-likeness (QED) is 0.655. The first-order chi connectivity index (χ1) is 6.96. The van der Waals surface area contributed by atoms with E-state index >= 15 is 0 Å². The molecule has 2 saturated heterocycles. The molecule has 0 aromatic rings. The van der Waals surface area contributed by atoms with E-state index in [0.29, 0.717) is 0 Å². The molecule has 0 radical (unpaired) electrons. The Morgan fingerprint density at radius 1 is 1.27 bits per heavy atom. The van der Waals surface area contributed by atoms with Crippen LogP contribution in [0.15, 0.2) is 0 Å². The van der Waals surface area contributed by atoms with E-state index in [1.165, 1.54) is 4.90 Å². The summed E-state index contributed by atoms with van der Waals surface area (Å²) in [4.78, 5) is 12.8. The van der Waals surface area contributed by atoms with Crippen LogP contribution in [0.25, 0.3) is 0 Å². The number of carbonyl (C=O) groups is 1. The topological polar surface area (TPSA) is 29.5 Å². The molecule has 2 atom stereocenters. The Morgan fingerprint density at radius 2 is 1.80 bits per heavy atom. The maximum absolute atomic E-state index is 12.2. The van der Waals surface area contributed by atoms with E-state index in [-0.39, 0.29) is 43.9 Å². The lowest BCUT2D eigenvalue weighted by atomic mass is 9.86. The summed E-state index contributed by atoms with van der Waals surface area (Å²) in [5, 5.41) is 0. The van der Waals surface area contributed by atoms with Gasteiger partial charge >= 0.3 is 6.18 Å². The minimum absolute atomic E-state index is 0.0691. The lowest BCUT2D eigenvalue weighted by molar-refractivity contribution is -0.167. The molecule has 2 fully saturated rings. The van der Waals surface area contributed by atoms with Crippen molar-refractivity contribution < 1.29 is 22.7 Å². The molecule has 2 aliphatic rings. The Kier molecular flexibility index (Phi) is 2.72. The van der Waals surface area contributed by atoms with Crippen LogP contribution in [0.2, 0.25) is 0 Å². The lowest BCUT2D eigenvalue weighted by Crippen LogP contribution is -2.54. The zero-order valence-corrected chi connectivity index (χ0v) is 8.09. The molecule has 2 rings (SSSR count). The fraction of sp³-hybridized carbons (Fsp3) is 0.889. The van der Waals surface area contributed by atoms with Gasteiger partial charge in [0.15, 0.2) is 0 Å². The number of ether oxygens (including phenoxy) is 1. The highest BCUT2D eigenvalue weighted by molar-refractivity contribution is 5.85. The smallest absolute Gasteiger partial charge is 0.380 e. The molecular weight excluding hydrogens is 211 g/mol. The molecule has 15 heavy (non-hydrogen) atoms. The Hall–Kier alpha value is -0.620. The van der Waals surface area contributed by atoms with E-state index < -0.39 is 12.7 Å². The average molecular weight is 223 g/mol. The van der Waals surface area contributed by atoms with Crippen molar-refractivity contribution in [2.24, 2.45) is 11.8 Å². The summed E-state index contributed by atoms with van der Waals surface area (Å²) in [6.45, 7) is -0.0374. The number of hydrogen-bond acceptors (Lipinski definition) is 3. The van der Waals surface area contributed by atoms with Gasteiger partial charge < -0.3 is 4.74 Å². The standard InChI is InChI=1S/C9H12F3NO2/c10-9(11,12)5-13-1-6-3-15-4-7(2-13)8(6)14/h6-7H,1-5H2. The van der Waals surface area contributed by atoms with Crippen LogP contribution in [0, 0.1) is 11.8 Å². The number of carbonyl (C=O) groups excluding carboxylic acids is 1. The van der Waals surface area contributed by atoms with E-state index in [9.17, 15) is 18.0 Å². The number of fused-ring (bicyclic) bond motifs is 2. The van der Waals surface area contributed by atoms with E-state index in [4.69, 9.17) is 4.74 Å². The molecule has 2 unspecified atom stereocenters. The number of alkyl halides is 3. The van der Waals surface area contributed by atoms with Crippen molar-refractivity contribution >= 4 is 5.78 Å². The van der Waals surface area contributed by atoms with Crippen molar-refractivity contribution in [3.8, 4) is 0 Å². The van der Waals surface area contributed by atoms with Gasteiger partial charge in [0.25, 0.3) is 0 Å². The maximum atomic E-state index is 12.2. The summed E-state index contributed by atoms with van der Waals surface area (Å²) in [7, 11) is 0. The average Bonchev–Trinajstić information content (AvgIpc) is 2.04. The molecule has 0 spiro atoms. The monoisotopic (exact) mass is 223 g/mol. The highest BCUT2D eigenvalue weighted by atomic mass is 19.4. The predicted molar refractivity (Wildman–Crippen MR) is 45.3 cm³/mol. The number of hydrogen-bond donors (Lipinski definition) is 0. The minimum atomic E-state index is -4.18. The molecule has 0 amide bonds. The summed E-state index contributed by atoms with van der Waals surface area (Å²) in [5.74, 6) is -0.653. The molecule has 0 saturated carbocycles. The summed E-state index contributed by atoms with van der Waals surface area (Å²) >= 11 is 0. The number of Topliss-reactive ketones (excluding diaryl/α,β-unsaturated/α-hetero) is 1. The van der Waals surface area contributed by atoms with Crippen LogP contribution in [0.1, 0.15) is 0 Å². The first-order valence-corrected chi connectivity index (χ1v) is 4.86. The molecule has 2 heterocycles. The maximum Gasteiger partial charge on any atom is 0.401 e. The molecule has 2 bridgehead atoms. The van der Waals surface area contributed by atoms with Gasteiger partial charge in [-0.05, 0) is 0 Å². The van der Waals surface area contributed by atoms with Gasteiger partial charge in [0.1, 0.15) is 5.78 Å². The van der Waals surface area contributed by atoms with E-state index in [1.807, 2.05) is 0 Å². The number of rotatable bonds is 1. The van der Waals surface area contributed by atoms with Gasteiger partial charge in [0.2, 0.25) is 0 Å². The van der Waals surface area contributed by atoms with Crippen molar-refractivity contribution in [3.05, 3.63) is 0 Å². The van der Waals surface area contributed by atoms with Crippen LogP contribution in [-0.4, -0.2) is 49.7 Å². The molecule has 0 aromatic carbocycles. The molecule has 3 nitrogen and oxygen atoms in total. The normalized spacial score (nSPS) is 33.1. The van der Waals surface area contributed by atoms with Crippen molar-refractivity contribution in [1.29, 1.82) is 0 Å². The van der Waals surface area contributed by atoms with E-state index in [2.05, 4.69) is 0 Å². The Bertz CT molecular complexity index is 251. The number of nitrogens with zero attached hydrogens (tertiary/aromatic N) is 1. The molecule has 86 valence electrons. The van der Waals surface area contributed by atoms with Gasteiger partial charge in [-0.15, -0.1) is 0 Å². The number of ketones is 1. The molecule has 2 aliphatic heterocycles. The summed E-state index contributed by atoms with van der Waals surface area (Å²) in [6, 6.07) is 0. The summed E-state index contributed by atoms with van der Waals surface area (Å²) < 4.78 is 41.6. The van der Waals surface area contributed by atoms with Crippen LogP contribution in [0.5, 0.6) is 0 Å². The summed E-state index contributed by atoms with van der Waals surface area (Å²) in [6.07, 6.45) is -4.18. The Labute approximate surface area is 85.2 Å². The highest BCUT2D eigenvalue weighted by Gasteiger charge is 2.42. The van der Waals surface area contributed by atoms with E-state index in [0.717, 1.165) is 0 Å². The fourth-order valence-corrected chi connectivity index (χ4v) is 2.22. The van der Waals surface area contributed by atoms with Crippen LogP contribution < -0.4 is 0 Å². The second-order valence-electron chi connectivity index (χ2n) is 4.14. The van der Waals surface area contributed by atoms with Crippen molar-refractivity contribution in [2.75, 3.05) is 32.8 Å². The third kappa shape index (κ3) is 2.49. The Balaban J connectivity index is 1.98. The molecule has 0 aromatic heterocycles. The van der Waals surface area contributed by atoms with Crippen molar-refractivity contribution in [1.82, 2.24) is 4.90 Å². The molecular formula is C9H12F3NO2. The third-order valence-electron chi connectivity index (χ3n) is 2.80. The number of likely N-dealkylation sites (tertiary alicyclic amines) is 1. The molecule has 6 heteroatoms. The molecule has 0 aliphatic carbocycles.